The van der Waals surface area contributed by atoms with E-state index < -0.39 is 0 Å². The lowest BCUT2D eigenvalue weighted by Gasteiger charge is -2.13. The Kier molecular flexibility index (Phi) is 3.18. The SMILES string of the molecule is CCc1ccccc1-c1cc(C(N)=O)cc2c1CCN2. The number of carbonyl (C=O) groups excluding carboxylic acids is 1. The van der Waals surface area contributed by atoms with Crippen LogP contribution in [0.3, 0.4) is 0 Å². The Morgan fingerprint density at radius 3 is 2.80 bits per heavy atom. The van der Waals surface area contributed by atoms with Crippen molar-refractivity contribution in [2.75, 3.05) is 11.9 Å². The Labute approximate surface area is 118 Å². The van der Waals surface area contributed by atoms with Crippen molar-refractivity contribution in [3.05, 3.63) is 53.1 Å². The molecule has 20 heavy (non-hydrogen) atoms. The van der Waals surface area contributed by atoms with Crippen molar-refractivity contribution in [2.45, 2.75) is 19.8 Å². The first-order chi connectivity index (χ1) is 9.70. The fourth-order valence-electron chi connectivity index (χ4n) is 2.90. The van der Waals surface area contributed by atoms with E-state index in [0.29, 0.717) is 5.56 Å². The van der Waals surface area contributed by atoms with E-state index in [1.165, 1.54) is 16.7 Å². The number of benzene rings is 2. The highest BCUT2D eigenvalue weighted by molar-refractivity contribution is 5.97. The number of nitrogens with one attached hydrogen (secondary N) is 1. The molecule has 0 spiro atoms. The van der Waals surface area contributed by atoms with E-state index >= 15 is 0 Å². The molecule has 0 aromatic heterocycles. The second kappa shape index (κ2) is 5.00. The number of hydrogen-bond donors (Lipinski definition) is 2. The van der Waals surface area contributed by atoms with Gasteiger partial charge in [0.1, 0.15) is 0 Å². The molecule has 0 atom stereocenters. The molecule has 3 heteroatoms. The Morgan fingerprint density at radius 2 is 2.05 bits per heavy atom. The van der Waals surface area contributed by atoms with Crippen LogP contribution in [0.1, 0.15) is 28.4 Å². The van der Waals surface area contributed by atoms with E-state index in [4.69, 9.17) is 5.73 Å². The van der Waals surface area contributed by atoms with E-state index in [0.717, 1.165) is 30.6 Å². The Bertz CT molecular complexity index is 677. The first-order valence-electron chi connectivity index (χ1n) is 6.99. The van der Waals surface area contributed by atoms with Gasteiger partial charge in [-0.1, -0.05) is 31.2 Å². The average Bonchev–Trinajstić information content (AvgIpc) is 2.94. The van der Waals surface area contributed by atoms with Crippen LogP contribution in [0, 0.1) is 0 Å². The molecule has 0 fully saturated rings. The van der Waals surface area contributed by atoms with Crippen molar-refractivity contribution >= 4 is 11.6 Å². The standard InChI is InChI=1S/C17H18N2O/c1-2-11-5-3-4-6-13(11)15-9-12(17(18)20)10-16-14(15)7-8-19-16/h3-6,9-10,19H,2,7-8H2,1H3,(H2,18,20). The summed E-state index contributed by atoms with van der Waals surface area (Å²) in [5.41, 5.74) is 12.0. The van der Waals surface area contributed by atoms with Crippen molar-refractivity contribution in [1.82, 2.24) is 0 Å². The predicted molar refractivity (Wildman–Crippen MR) is 82.0 cm³/mol. The van der Waals surface area contributed by atoms with Gasteiger partial charge in [-0.05, 0) is 47.2 Å². The maximum atomic E-state index is 11.5. The minimum Gasteiger partial charge on any atom is -0.384 e. The molecule has 3 nitrogen and oxygen atoms in total. The minimum atomic E-state index is -0.378. The third-order valence-corrected chi connectivity index (χ3v) is 3.91. The van der Waals surface area contributed by atoms with Crippen LogP contribution in [-0.4, -0.2) is 12.5 Å². The number of amides is 1. The van der Waals surface area contributed by atoms with Crippen LogP contribution in [0.25, 0.3) is 11.1 Å². The molecule has 1 aliphatic rings. The smallest absolute Gasteiger partial charge is 0.248 e. The number of aryl methyl sites for hydroxylation is 1. The topological polar surface area (TPSA) is 55.1 Å². The summed E-state index contributed by atoms with van der Waals surface area (Å²) in [6, 6.07) is 12.2. The summed E-state index contributed by atoms with van der Waals surface area (Å²) in [4.78, 5) is 11.5. The van der Waals surface area contributed by atoms with Crippen molar-refractivity contribution in [3.8, 4) is 11.1 Å². The average molecular weight is 266 g/mol. The Hall–Kier alpha value is -2.29. The highest BCUT2D eigenvalue weighted by atomic mass is 16.1. The summed E-state index contributed by atoms with van der Waals surface area (Å²) >= 11 is 0. The van der Waals surface area contributed by atoms with Crippen molar-refractivity contribution in [1.29, 1.82) is 0 Å². The van der Waals surface area contributed by atoms with Gasteiger partial charge in [-0.3, -0.25) is 4.79 Å². The fourth-order valence-corrected chi connectivity index (χ4v) is 2.90. The minimum absolute atomic E-state index is 0.378. The predicted octanol–water partition coefficient (Wildman–Crippen LogP) is 2.98. The molecule has 3 rings (SSSR count). The molecule has 3 N–H and O–H groups in total. The zero-order valence-corrected chi connectivity index (χ0v) is 11.6. The largest absolute Gasteiger partial charge is 0.384 e. The molecule has 0 unspecified atom stereocenters. The van der Waals surface area contributed by atoms with Crippen LogP contribution < -0.4 is 11.1 Å². The number of anilines is 1. The first kappa shape index (κ1) is 12.7. The molecule has 0 saturated carbocycles. The first-order valence-corrected chi connectivity index (χ1v) is 6.99. The van der Waals surface area contributed by atoms with Gasteiger partial charge in [0.15, 0.2) is 0 Å². The maximum absolute atomic E-state index is 11.5. The number of rotatable bonds is 3. The van der Waals surface area contributed by atoms with E-state index in [1.807, 2.05) is 18.2 Å². The monoisotopic (exact) mass is 266 g/mol. The highest BCUT2D eigenvalue weighted by Gasteiger charge is 2.19. The summed E-state index contributed by atoms with van der Waals surface area (Å²) < 4.78 is 0. The normalized spacial score (nSPS) is 12.8. The molecular weight excluding hydrogens is 248 g/mol. The summed E-state index contributed by atoms with van der Waals surface area (Å²) in [5.74, 6) is -0.378. The van der Waals surface area contributed by atoms with Gasteiger partial charge in [0, 0.05) is 17.8 Å². The molecule has 1 heterocycles. The lowest BCUT2D eigenvalue weighted by molar-refractivity contribution is 0.100. The van der Waals surface area contributed by atoms with Gasteiger partial charge in [-0.25, -0.2) is 0 Å². The van der Waals surface area contributed by atoms with Gasteiger partial charge >= 0.3 is 0 Å². The van der Waals surface area contributed by atoms with Crippen LogP contribution in [0.5, 0.6) is 0 Å². The van der Waals surface area contributed by atoms with Crippen LogP contribution in [0.15, 0.2) is 36.4 Å². The third kappa shape index (κ3) is 2.05. The second-order valence-electron chi connectivity index (χ2n) is 5.10. The lowest BCUT2D eigenvalue weighted by Crippen LogP contribution is -2.11. The number of hydrogen-bond acceptors (Lipinski definition) is 2. The molecule has 2 aromatic rings. The number of carbonyl (C=O) groups is 1. The van der Waals surface area contributed by atoms with Crippen LogP contribution >= 0.6 is 0 Å². The van der Waals surface area contributed by atoms with Gasteiger partial charge < -0.3 is 11.1 Å². The zero-order valence-electron chi connectivity index (χ0n) is 11.6. The quantitative estimate of drug-likeness (QED) is 0.897. The molecule has 0 bridgehead atoms. The fraction of sp³-hybridized carbons (Fsp3) is 0.235. The summed E-state index contributed by atoms with van der Waals surface area (Å²) in [5, 5.41) is 3.34. The van der Waals surface area contributed by atoms with Crippen LogP contribution in [-0.2, 0) is 12.8 Å². The lowest BCUT2D eigenvalue weighted by atomic mass is 9.91. The molecule has 0 aliphatic carbocycles. The van der Waals surface area contributed by atoms with Crippen LogP contribution in [0.2, 0.25) is 0 Å². The van der Waals surface area contributed by atoms with E-state index in [-0.39, 0.29) is 5.91 Å². The van der Waals surface area contributed by atoms with E-state index in [9.17, 15) is 4.79 Å². The molecule has 1 aliphatic heterocycles. The highest BCUT2D eigenvalue weighted by Crippen LogP contribution is 2.36. The third-order valence-electron chi connectivity index (χ3n) is 3.91. The Balaban J connectivity index is 2.25. The molecule has 0 radical (unpaired) electrons. The molecular formula is C17H18N2O. The number of nitrogens with two attached hydrogens (primary N) is 1. The van der Waals surface area contributed by atoms with Crippen molar-refractivity contribution in [2.24, 2.45) is 5.73 Å². The second-order valence-corrected chi connectivity index (χ2v) is 5.10. The summed E-state index contributed by atoms with van der Waals surface area (Å²) in [6.07, 6.45) is 1.96. The van der Waals surface area contributed by atoms with Crippen molar-refractivity contribution in [3.63, 3.8) is 0 Å². The number of primary amides is 1. The molecule has 1 amide bonds. The van der Waals surface area contributed by atoms with Gasteiger partial charge in [-0.2, -0.15) is 0 Å². The van der Waals surface area contributed by atoms with E-state index in [1.54, 1.807) is 0 Å². The van der Waals surface area contributed by atoms with Gasteiger partial charge in [-0.15, -0.1) is 0 Å². The summed E-state index contributed by atoms with van der Waals surface area (Å²) in [7, 11) is 0. The van der Waals surface area contributed by atoms with Gasteiger partial charge in [0.2, 0.25) is 5.91 Å². The molecule has 0 saturated heterocycles. The summed E-state index contributed by atoms with van der Waals surface area (Å²) in [6.45, 7) is 3.06. The van der Waals surface area contributed by atoms with E-state index in [2.05, 4.69) is 30.4 Å². The molecule has 2 aromatic carbocycles. The molecule has 102 valence electrons. The Morgan fingerprint density at radius 1 is 1.25 bits per heavy atom. The van der Waals surface area contributed by atoms with Gasteiger partial charge in [0.05, 0.1) is 0 Å². The number of fused-ring (bicyclic) bond motifs is 1. The zero-order chi connectivity index (χ0) is 14.1. The van der Waals surface area contributed by atoms with Crippen LogP contribution in [0.4, 0.5) is 5.69 Å². The van der Waals surface area contributed by atoms with Gasteiger partial charge in [0.25, 0.3) is 0 Å². The maximum Gasteiger partial charge on any atom is 0.248 e. The van der Waals surface area contributed by atoms with Crippen molar-refractivity contribution < 1.29 is 4.79 Å².